The van der Waals surface area contributed by atoms with E-state index in [1.165, 1.54) is 0 Å². The number of morpholine rings is 1. The summed E-state index contributed by atoms with van der Waals surface area (Å²) in [5, 5.41) is 9.75. The maximum Gasteiger partial charge on any atom is 0.0964 e. The van der Waals surface area contributed by atoms with Gasteiger partial charge < -0.3 is 9.84 Å². The van der Waals surface area contributed by atoms with E-state index in [9.17, 15) is 5.11 Å². The molecule has 3 nitrogen and oxygen atoms in total. The lowest BCUT2D eigenvalue weighted by molar-refractivity contribution is -0.0933. The molecule has 0 aromatic rings. The van der Waals surface area contributed by atoms with Crippen molar-refractivity contribution in [3.05, 3.63) is 12.7 Å². The molecule has 0 saturated carbocycles. The van der Waals surface area contributed by atoms with Gasteiger partial charge in [0.25, 0.3) is 0 Å². The lowest BCUT2D eigenvalue weighted by Gasteiger charge is -2.37. The van der Waals surface area contributed by atoms with Gasteiger partial charge in [0.2, 0.25) is 0 Å². The molecule has 0 aromatic carbocycles. The summed E-state index contributed by atoms with van der Waals surface area (Å²) in [5.41, 5.74) is 0. The minimum Gasteiger partial charge on any atom is -0.390 e. The largest absolute Gasteiger partial charge is 0.390 e. The van der Waals surface area contributed by atoms with Gasteiger partial charge in [-0.15, -0.1) is 6.58 Å². The first-order valence-electron chi connectivity index (χ1n) is 5.29. The molecule has 0 amide bonds. The number of hydrogen-bond donors (Lipinski definition) is 1. The summed E-state index contributed by atoms with van der Waals surface area (Å²) >= 11 is 0. The van der Waals surface area contributed by atoms with Crippen LogP contribution in [0.2, 0.25) is 0 Å². The van der Waals surface area contributed by atoms with Crippen LogP contribution >= 0.6 is 0 Å². The van der Waals surface area contributed by atoms with Crippen LogP contribution in [0.4, 0.5) is 0 Å². The van der Waals surface area contributed by atoms with Gasteiger partial charge in [-0.25, -0.2) is 0 Å². The fourth-order valence-corrected chi connectivity index (χ4v) is 1.72. The summed E-state index contributed by atoms with van der Waals surface area (Å²) in [5.74, 6) is 0. The maximum atomic E-state index is 9.75. The van der Waals surface area contributed by atoms with Gasteiger partial charge in [0.05, 0.1) is 18.8 Å². The van der Waals surface area contributed by atoms with Gasteiger partial charge in [0.15, 0.2) is 0 Å². The quantitative estimate of drug-likeness (QED) is 0.686. The highest BCUT2D eigenvalue weighted by Gasteiger charge is 2.26. The van der Waals surface area contributed by atoms with Crippen molar-refractivity contribution in [2.24, 2.45) is 0 Å². The average Bonchev–Trinajstić information content (AvgIpc) is 2.18. The molecule has 82 valence electrons. The molecule has 1 fully saturated rings. The zero-order valence-corrected chi connectivity index (χ0v) is 9.15. The first-order chi connectivity index (χ1) is 6.65. The first kappa shape index (κ1) is 11.7. The van der Waals surface area contributed by atoms with Crippen molar-refractivity contribution in [3.63, 3.8) is 0 Å². The van der Waals surface area contributed by atoms with Gasteiger partial charge in [0, 0.05) is 19.1 Å². The van der Waals surface area contributed by atoms with E-state index < -0.39 is 6.10 Å². The third kappa shape index (κ3) is 3.08. The Morgan fingerprint density at radius 3 is 2.93 bits per heavy atom. The number of aliphatic hydroxyl groups is 1. The van der Waals surface area contributed by atoms with Crippen molar-refractivity contribution in [1.29, 1.82) is 0 Å². The molecule has 1 aliphatic rings. The molecular weight excluding hydrogens is 178 g/mol. The molecule has 0 aliphatic carbocycles. The van der Waals surface area contributed by atoms with Gasteiger partial charge in [-0.05, 0) is 20.3 Å². The monoisotopic (exact) mass is 199 g/mol. The van der Waals surface area contributed by atoms with E-state index in [0.29, 0.717) is 12.5 Å². The van der Waals surface area contributed by atoms with Crippen LogP contribution < -0.4 is 0 Å². The molecule has 0 radical (unpaired) electrons. The summed E-state index contributed by atoms with van der Waals surface area (Å²) in [7, 11) is 0. The SMILES string of the molecule is C=CCC(O)C1CN(C(C)C)CCO1. The van der Waals surface area contributed by atoms with Crippen LogP contribution in [-0.4, -0.2) is 48.0 Å². The number of ether oxygens (including phenoxy) is 1. The summed E-state index contributed by atoms with van der Waals surface area (Å²) in [4.78, 5) is 2.33. The minimum atomic E-state index is -0.408. The van der Waals surface area contributed by atoms with Crippen LogP contribution in [0.15, 0.2) is 12.7 Å². The van der Waals surface area contributed by atoms with Crippen LogP contribution in [0.3, 0.4) is 0 Å². The van der Waals surface area contributed by atoms with Crippen LogP contribution in [0.25, 0.3) is 0 Å². The number of rotatable bonds is 4. The topological polar surface area (TPSA) is 32.7 Å². The van der Waals surface area contributed by atoms with E-state index in [-0.39, 0.29) is 6.10 Å². The van der Waals surface area contributed by atoms with Gasteiger partial charge in [-0.2, -0.15) is 0 Å². The smallest absolute Gasteiger partial charge is 0.0964 e. The van der Waals surface area contributed by atoms with E-state index in [2.05, 4.69) is 25.3 Å². The molecule has 1 rings (SSSR count). The predicted molar refractivity (Wildman–Crippen MR) is 57.3 cm³/mol. The normalized spacial score (nSPS) is 26.4. The fraction of sp³-hybridized carbons (Fsp3) is 0.818. The molecule has 1 N–H and O–H groups in total. The van der Waals surface area contributed by atoms with Crippen molar-refractivity contribution in [3.8, 4) is 0 Å². The zero-order valence-electron chi connectivity index (χ0n) is 9.15. The summed E-state index contributed by atoms with van der Waals surface area (Å²) < 4.78 is 5.53. The zero-order chi connectivity index (χ0) is 10.6. The molecule has 0 aromatic heterocycles. The van der Waals surface area contributed by atoms with Crippen molar-refractivity contribution in [1.82, 2.24) is 4.90 Å². The molecule has 0 bridgehead atoms. The molecule has 14 heavy (non-hydrogen) atoms. The molecule has 1 heterocycles. The van der Waals surface area contributed by atoms with E-state index in [1.54, 1.807) is 6.08 Å². The molecule has 1 aliphatic heterocycles. The third-order valence-corrected chi connectivity index (χ3v) is 2.69. The van der Waals surface area contributed by atoms with Gasteiger partial charge in [0.1, 0.15) is 0 Å². The fourth-order valence-electron chi connectivity index (χ4n) is 1.72. The van der Waals surface area contributed by atoms with Crippen LogP contribution in [-0.2, 0) is 4.74 Å². The predicted octanol–water partition coefficient (Wildman–Crippen LogP) is 1.03. The lowest BCUT2D eigenvalue weighted by atomic mass is 10.1. The molecule has 2 atom stereocenters. The van der Waals surface area contributed by atoms with Crippen molar-refractivity contribution in [2.45, 2.75) is 38.5 Å². The Balaban J connectivity index is 2.42. The van der Waals surface area contributed by atoms with Crippen molar-refractivity contribution in [2.75, 3.05) is 19.7 Å². The third-order valence-electron chi connectivity index (χ3n) is 2.69. The number of aliphatic hydroxyl groups excluding tert-OH is 1. The van der Waals surface area contributed by atoms with Crippen molar-refractivity contribution < 1.29 is 9.84 Å². The van der Waals surface area contributed by atoms with E-state index in [4.69, 9.17) is 4.74 Å². The molecule has 3 heteroatoms. The standard InChI is InChI=1S/C11H21NO2/c1-4-5-10(13)11-8-12(9(2)3)6-7-14-11/h4,9-11,13H,1,5-8H2,2-3H3. The average molecular weight is 199 g/mol. The molecule has 1 saturated heterocycles. The second-order valence-corrected chi connectivity index (χ2v) is 4.09. The second kappa shape index (κ2) is 5.49. The molecule has 0 spiro atoms. The molecule has 2 unspecified atom stereocenters. The maximum absolute atomic E-state index is 9.75. The van der Waals surface area contributed by atoms with E-state index in [0.717, 1.165) is 19.7 Å². The Bertz CT molecular complexity index is 182. The van der Waals surface area contributed by atoms with Gasteiger partial charge >= 0.3 is 0 Å². The van der Waals surface area contributed by atoms with Crippen LogP contribution in [0.1, 0.15) is 20.3 Å². The van der Waals surface area contributed by atoms with E-state index in [1.807, 2.05) is 0 Å². The van der Waals surface area contributed by atoms with Crippen LogP contribution in [0.5, 0.6) is 0 Å². The van der Waals surface area contributed by atoms with E-state index >= 15 is 0 Å². The first-order valence-corrected chi connectivity index (χ1v) is 5.29. The summed E-state index contributed by atoms with van der Waals surface area (Å²) in [6, 6.07) is 0.525. The Labute approximate surface area is 86.4 Å². The Kier molecular flexibility index (Phi) is 4.58. The highest BCUT2D eigenvalue weighted by molar-refractivity contribution is 4.83. The Morgan fingerprint density at radius 2 is 2.36 bits per heavy atom. The molecular formula is C11H21NO2. The van der Waals surface area contributed by atoms with Gasteiger partial charge in [-0.3, -0.25) is 4.90 Å². The van der Waals surface area contributed by atoms with Crippen LogP contribution in [0, 0.1) is 0 Å². The number of hydrogen-bond acceptors (Lipinski definition) is 3. The lowest BCUT2D eigenvalue weighted by Crippen LogP contribution is -2.49. The summed E-state index contributed by atoms with van der Waals surface area (Å²) in [6.45, 7) is 10.5. The highest BCUT2D eigenvalue weighted by Crippen LogP contribution is 2.13. The van der Waals surface area contributed by atoms with Gasteiger partial charge in [-0.1, -0.05) is 6.08 Å². The summed E-state index contributed by atoms with van der Waals surface area (Å²) in [6.07, 6.45) is 1.89. The number of nitrogens with zero attached hydrogens (tertiary/aromatic N) is 1. The Morgan fingerprint density at radius 1 is 1.64 bits per heavy atom. The minimum absolute atomic E-state index is 0.0517. The second-order valence-electron chi connectivity index (χ2n) is 4.09. The van der Waals surface area contributed by atoms with Crippen molar-refractivity contribution >= 4 is 0 Å². The highest BCUT2D eigenvalue weighted by atomic mass is 16.5. The Hall–Kier alpha value is -0.380.